The van der Waals surface area contributed by atoms with E-state index < -0.39 is 54.7 Å². The van der Waals surface area contributed by atoms with Crippen molar-refractivity contribution in [2.45, 2.75) is 85.7 Å². The number of anilines is 2. The van der Waals surface area contributed by atoms with Crippen LogP contribution in [0.1, 0.15) is 50.5 Å². The van der Waals surface area contributed by atoms with Crippen molar-refractivity contribution in [3.63, 3.8) is 0 Å². The first-order valence-electron chi connectivity index (χ1n) is 18.2. The molecule has 58 heavy (non-hydrogen) atoms. The minimum absolute atomic E-state index is 0. The number of piperazine rings is 2. The molecule has 3 atom stereocenters. The average molecular weight is 837 g/mol. The maximum absolute atomic E-state index is 12.5. The first kappa shape index (κ1) is 49.2. The summed E-state index contributed by atoms with van der Waals surface area (Å²) in [5.74, 6) is -1.93. The molecule has 0 spiro atoms. The molecule has 2 saturated heterocycles. The third-order valence-electron chi connectivity index (χ3n) is 9.23. The van der Waals surface area contributed by atoms with Crippen LogP contribution in [0.15, 0.2) is 36.4 Å². The molecule has 2 fully saturated rings. The number of halogens is 6. The summed E-state index contributed by atoms with van der Waals surface area (Å²) >= 11 is 0. The maximum atomic E-state index is 12.5. The van der Waals surface area contributed by atoms with E-state index in [9.17, 15) is 45.5 Å². The number of alkyl halides is 6. The van der Waals surface area contributed by atoms with Gasteiger partial charge in [0.15, 0.2) is 12.2 Å². The van der Waals surface area contributed by atoms with Crippen LogP contribution in [-0.4, -0.2) is 143 Å². The number of hydrogen-bond acceptors (Lipinski definition) is 10. The van der Waals surface area contributed by atoms with E-state index in [2.05, 4.69) is 25.0 Å². The first-order valence-corrected chi connectivity index (χ1v) is 18.2. The van der Waals surface area contributed by atoms with Crippen LogP contribution in [-0.2, 0) is 32.2 Å². The molecule has 4 rings (SSSR count). The van der Waals surface area contributed by atoms with Crippen molar-refractivity contribution in [3.8, 4) is 0 Å². The molecule has 2 aliphatic rings. The minimum Gasteiger partial charge on any atom is -0.480 e. The zero-order chi connectivity index (χ0) is 42.7. The highest BCUT2D eigenvalue weighted by Gasteiger charge is 2.41. The largest absolute Gasteiger partial charge is 0.480 e. The van der Waals surface area contributed by atoms with Crippen molar-refractivity contribution in [1.82, 2.24) is 19.6 Å². The molecule has 0 saturated carbocycles. The number of carbonyl (C=O) groups excluding carboxylic acids is 2. The molecule has 0 aliphatic carbocycles. The second-order valence-electron chi connectivity index (χ2n) is 13.9. The number of benzene rings is 2. The molecule has 2 amide bonds. The van der Waals surface area contributed by atoms with Crippen molar-refractivity contribution in [2.24, 2.45) is 0 Å². The van der Waals surface area contributed by atoms with Gasteiger partial charge in [-0.05, 0) is 69.0 Å². The molecule has 2 aromatic carbocycles. The fourth-order valence-corrected chi connectivity index (χ4v) is 5.67. The number of aryl methyl sites for hydroxylation is 2. The summed E-state index contributed by atoms with van der Waals surface area (Å²) in [4.78, 5) is 52.4. The van der Waals surface area contributed by atoms with Gasteiger partial charge in [-0.25, -0.2) is 9.59 Å². The number of hydrogen-bond donors (Lipinski definition) is 4. The van der Waals surface area contributed by atoms with Gasteiger partial charge < -0.3 is 40.1 Å². The SMILES string of the molecule is C.Cc1ccc(CN2CCN(C(=O)OC(C)C(F)(F)F)CC2)c(NCC(=O)O)c1.Cc1ccc(CN2CCN(C(=O)OC(C)C(F)(F)F)CC2)c(N[C@@H](C)C(=O)O)c1. The number of rotatable bonds is 12. The highest BCUT2D eigenvalue weighted by Crippen LogP contribution is 2.26. The van der Waals surface area contributed by atoms with Crippen LogP contribution in [0.3, 0.4) is 0 Å². The number of amides is 2. The van der Waals surface area contributed by atoms with Crippen LogP contribution >= 0.6 is 0 Å². The predicted octanol–water partition coefficient (Wildman–Crippen LogP) is 6.42. The van der Waals surface area contributed by atoms with E-state index in [4.69, 9.17) is 10.2 Å². The van der Waals surface area contributed by atoms with Gasteiger partial charge in [0.1, 0.15) is 12.6 Å². The molecule has 0 bridgehead atoms. The molecule has 2 heterocycles. The van der Waals surface area contributed by atoms with Crippen LogP contribution in [0.2, 0.25) is 0 Å². The molecular weight excluding hydrogens is 782 g/mol. The second kappa shape index (κ2) is 21.7. The molecule has 2 aromatic rings. The third-order valence-corrected chi connectivity index (χ3v) is 9.23. The Kier molecular flexibility index (Phi) is 18.4. The molecule has 20 heteroatoms. The van der Waals surface area contributed by atoms with Crippen LogP contribution in [0, 0.1) is 13.8 Å². The molecule has 326 valence electrons. The summed E-state index contributed by atoms with van der Waals surface area (Å²) in [6.45, 7) is 10.7. The Morgan fingerprint density at radius 3 is 1.41 bits per heavy atom. The van der Waals surface area contributed by atoms with E-state index in [1.165, 1.54) is 9.80 Å². The van der Waals surface area contributed by atoms with Gasteiger partial charge in [-0.15, -0.1) is 0 Å². The molecule has 0 aromatic heterocycles. The lowest BCUT2D eigenvalue weighted by Crippen LogP contribution is -2.49. The number of carboxylic acid groups (broad SMARTS) is 2. The third kappa shape index (κ3) is 15.8. The Morgan fingerprint density at radius 2 is 1.05 bits per heavy atom. The van der Waals surface area contributed by atoms with Crippen molar-refractivity contribution in [3.05, 3.63) is 58.7 Å². The number of aliphatic carboxylic acids is 2. The summed E-state index contributed by atoms with van der Waals surface area (Å²) in [6, 6.07) is 10.7. The summed E-state index contributed by atoms with van der Waals surface area (Å²) < 4.78 is 84.1. The lowest BCUT2D eigenvalue weighted by Gasteiger charge is -2.35. The summed E-state index contributed by atoms with van der Waals surface area (Å²) in [5.41, 5.74) is 5.24. The molecule has 4 N–H and O–H groups in total. The monoisotopic (exact) mass is 836 g/mol. The maximum Gasteiger partial charge on any atom is 0.425 e. The highest BCUT2D eigenvalue weighted by molar-refractivity contribution is 5.77. The Balaban J connectivity index is 0.000000394. The van der Waals surface area contributed by atoms with E-state index in [1.807, 2.05) is 55.1 Å². The normalized spacial score (nSPS) is 16.7. The number of ether oxygens (including phenoxy) is 2. The van der Waals surface area contributed by atoms with E-state index in [-0.39, 0.29) is 40.2 Å². The van der Waals surface area contributed by atoms with Crippen LogP contribution in [0.25, 0.3) is 0 Å². The molecule has 14 nitrogen and oxygen atoms in total. The van der Waals surface area contributed by atoms with Gasteiger partial charge >= 0.3 is 36.5 Å². The highest BCUT2D eigenvalue weighted by atomic mass is 19.4. The Morgan fingerprint density at radius 1 is 0.672 bits per heavy atom. The average Bonchev–Trinajstić information content (AvgIpc) is 3.12. The predicted molar refractivity (Wildman–Crippen MR) is 204 cm³/mol. The number of nitrogens with one attached hydrogen (secondary N) is 2. The van der Waals surface area contributed by atoms with Gasteiger partial charge in [-0.2, -0.15) is 26.3 Å². The Bertz CT molecular complexity index is 1680. The zero-order valence-corrected chi connectivity index (χ0v) is 32.4. The van der Waals surface area contributed by atoms with Gasteiger partial charge in [0.05, 0.1) is 0 Å². The molecule has 0 radical (unpaired) electrons. The minimum atomic E-state index is -4.58. The fraction of sp³-hybridized carbons (Fsp3) is 0.579. The first-order chi connectivity index (χ1) is 26.5. The second-order valence-corrected chi connectivity index (χ2v) is 13.9. The zero-order valence-electron chi connectivity index (χ0n) is 32.4. The molecule has 2 unspecified atom stereocenters. The van der Waals surface area contributed by atoms with Gasteiger partial charge in [0.25, 0.3) is 0 Å². The van der Waals surface area contributed by atoms with Crippen molar-refractivity contribution in [1.29, 1.82) is 0 Å². The van der Waals surface area contributed by atoms with Crippen LogP contribution in [0.5, 0.6) is 0 Å². The van der Waals surface area contributed by atoms with E-state index in [1.54, 1.807) is 6.92 Å². The topological polar surface area (TPSA) is 164 Å². The lowest BCUT2D eigenvalue weighted by atomic mass is 10.1. The van der Waals surface area contributed by atoms with Crippen LogP contribution in [0.4, 0.5) is 47.3 Å². The van der Waals surface area contributed by atoms with Gasteiger partial charge in [-0.1, -0.05) is 31.7 Å². The van der Waals surface area contributed by atoms with Crippen molar-refractivity contribution >= 4 is 35.5 Å². The lowest BCUT2D eigenvalue weighted by molar-refractivity contribution is -0.200. The Hall–Kier alpha value is -4.98. The molecule has 2 aliphatic heterocycles. The van der Waals surface area contributed by atoms with Gasteiger partial charge in [-0.3, -0.25) is 19.4 Å². The van der Waals surface area contributed by atoms with Crippen LogP contribution < -0.4 is 10.6 Å². The Labute approximate surface area is 334 Å². The molecular formula is C38H54F6N6O8. The van der Waals surface area contributed by atoms with E-state index >= 15 is 0 Å². The quantitative estimate of drug-likeness (QED) is 0.174. The number of carbonyl (C=O) groups is 4. The number of nitrogens with zero attached hydrogens (tertiary/aromatic N) is 4. The summed E-state index contributed by atoms with van der Waals surface area (Å²) in [5, 5.41) is 23.9. The standard InChI is InChI=1S/C19H26F3N3O4.C18H24F3N3O4.CH4/c1-12-4-5-15(16(10-12)23-13(2)17(26)27)11-24-6-8-25(9-7-24)18(28)29-14(3)19(20,21)22;1-12-3-4-14(15(9-12)22-10-16(25)26)11-23-5-7-24(8-6-23)17(27)28-13(2)18(19,20)21;/h4-5,10,13-14,23H,6-9,11H2,1-3H3,(H,26,27);3-4,9,13,22H,5-8,10-11H2,1-2H3,(H,25,26);1H4/t13-,14?;;/m0../s1. The van der Waals surface area contributed by atoms with E-state index in [0.717, 1.165) is 47.5 Å². The summed E-state index contributed by atoms with van der Waals surface area (Å²) in [6.07, 6.45) is -15.4. The smallest absolute Gasteiger partial charge is 0.425 e. The van der Waals surface area contributed by atoms with E-state index in [0.29, 0.717) is 39.3 Å². The van der Waals surface area contributed by atoms with Crippen molar-refractivity contribution in [2.75, 3.05) is 69.5 Å². The summed E-state index contributed by atoms with van der Waals surface area (Å²) in [7, 11) is 0. The number of carboxylic acids is 2. The van der Waals surface area contributed by atoms with Gasteiger partial charge in [0.2, 0.25) is 0 Å². The fourth-order valence-electron chi connectivity index (χ4n) is 5.67. The van der Waals surface area contributed by atoms with Gasteiger partial charge in [0, 0.05) is 76.8 Å². The van der Waals surface area contributed by atoms with Crippen molar-refractivity contribution < 1.29 is 65.2 Å².